The summed E-state index contributed by atoms with van der Waals surface area (Å²) >= 11 is 4.82. The van der Waals surface area contributed by atoms with Crippen molar-refractivity contribution in [2.24, 2.45) is 0 Å². The molecule has 1 aliphatic carbocycles. The molecule has 0 unspecified atom stereocenters. The van der Waals surface area contributed by atoms with Crippen LogP contribution in [-0.2, 0) is 0 Å². The highest BCUT2D eigenvalue weighted by molar-refractivity contribution is 9.11. The lowest BCUT2D eigenvalue weighted by atomic mass is 9.93. The van der Waals surface area contributed by atoms with E-state index in [1.54, 1.807) is 11.3 Å². The van der Waals surface area contributed by atoms with Gasteiger partial charge in [-0.2, -0.15) is 0 Å². The standard InChI is InChI=1S/C6H8BrN3S/c7-5-9-10-6(11-5)8-4-2-1-3-4/h4H,1-3H2,(H,8,10). The van der Waals surface area contributed by atoms with Crippen LogP contribution < -0.4 is 5.32 Å². The van der Waals surface area contributed by atoms with Gasteiger partial charge in [-0.3, -0.25) is 0 Å². The van der Waals surface area contributed by atoms with Crippen LogP contribution >= 0.6 is 27.3 Å². The summed E-state index contributed by atoms with van der Waals surface area (Å²) in [5.41, 5.74) is 0. The predicted octanol–water partition coefficient (Wildman–Crippen LogP) is 2.27. The molecule has 2 rings (SSSR count). The third-order valence-corrected chi connectivity index (χ3v) is 3.12. The number of aromatic nitrogens is 2. The summed E-state index contributed by atoms with van der Waals surface area (Å²) in [7, 11) is 0. The molecule has 1 aliphatic rings. The number of halogens is 1. The van der Waals surface area contributed by atoms with Gasteiger partial charge < -0.3 is 5.32 Å². The Morgan fingerprint density at radius 3 is 2.73 bits per heavy atom. The maximum Gasteiger partial charge on any atom is 0.206 e. The maximum absolute atomic E-state index is 3.95. The van der Waals surface area contributed by atoms with Crippen molar-refractivity contribution >= 4 is 32.4 Å². The van der Waals surface area contributed by atoms with Gasteiger partial charge >= 0.3 is 0 Å². The predicted molar refractivity (Wildman–Crippen MR) is 48.9 cm³/mol. The van der Waals surface area contributed by atoms with Gasteiger partial charge in [-0.25, -0.2) is 0 Å². The van der Waals surface area contributed by atoms with Gasteiger partial charge in [-0.05, 0) is 35.2 Å². The normalized spacial score (nSPS) is 17.9. The smallest absolute Gasteiger partial charge is 0.206 e. The van der Waals surface area contributed by atoms with Gasteiger partial charge in [0.25, 0.3) is 0 Å². The van der Waals surface area contributed by atoms with Crippen molar-refractivity contribution in [1.29, 1.82) is 0 Å². The summed E-state index contributed by atoms with van der Waals surface area (Å²) in [6.45, 7) is 0. The van der Waals surface area contributed by atoms with Gasteiger partial charge in [-0.1, -0.05) is 11.3 Å². The van der Waals surface area contributed by atoms with E-state index < -0.39 is 0 Å². The van der Waals surface area contributed by atoms with Crippen LogP contribution in [0.15, 0.2) is 3.92 Å². The Morgan fingerprint density at radius 2 is 2.27 bits per heavy atom. The zero-order valence-electron chi connectivity index (χ0n) is 5.88. The molecule has 0 radical (unpaired) electrons. The Balaban J connectivity index is 1.95. The van der Waals surface area contributed by atoms with E-state index in [0.717, 1.165) is 9.05 Å². The van der Waals surface area contributed by atoms with Crippen LogP contribution in [0.2, 0.25) is 0 Å². The SMILES string of the molecule is Brc1nnc(NC2CCC2)s1. The Hall–Kier alpha value is -0.160. The lowest BCUT2D eigenvalue weighted by Gasteiger charge is -2.25. The summed E-state index contributed by atoms with van der Waals surface area (Å²) in [4.78, 5) is 0. The molecule has 1 aromatic rings. The Morgan fingerprint density at radius 1 is 1.45 bits per heavy atom. The van der Waals surface area contributed by atoms with E-state index in [-0.39, 0.29) is 0 Å². The van der Waals surface area contributed by atoms with E-state index in [1.807, 2.05) is 0 Å². The van der Waals surface area contributed by atoms with Crippen molar-refractivity contribution < 1.29 is 0 Å². The van der Waals surface area contributed by atoms with Crippen molar-refractivity contribution in [2.75, 3.05) is 5.32 Å². The number of anilines is 1. The Labute approximate surface area is 77.4 Å². The average molecular weight is 234 g/mol. The molecule has 1 saturated carbocycles. The van der Waals surface area contributed by atoms with E-state index in [4.69, 9.17) is 0 Å². The van der Waals surface area contributed by atoms with Crippen LogP contribution in [0.25, 0.3) is 0 Å². The van der Waals surface area contributed by atoms with Crippen LogP contribution in [-0.4, -0.2) is 16.2 Å². The van der Waals surface area contributed by atoms with E-state index in [2.05, 4.69) is 31.4 Å². The maximum atomic E-state index is 3.95. The van der Waals surface area contributed by atoms with E-state index >= 15 is 0 Å². The molecule has 0 aromatic carbocycles. The highest BCUT2D eigenvalue weighted by Crippen LogP contribution is 2.26. The Bertz CT molecular complexity index is 246. The zero-order valence-corrected chi connectivity index (χ0v) is 8.28. The van der Waals surface area contributed by atoms with Crippen LogP contribution in [0.3, 0.4) is 0 Å². The van der Waals surface area contributed by atoms with Crippen molar-refractivity contribution in [3.05, 3.63) is 3.92 Å². The van der Waals surface area contributed by atoms with Crippen molar-refractivity contribution in [3.63, 3.8) is 0 Å². The topological polar surface area (TPSA) is 37.8 Å². The van der Waals surface area contributed by atoms with E-state index in [0.29, 0.717) is 6.04 Å². The van der Waals surface area contributed by atoms with Crippen LogP contribution in [0.1, 0.15) is 19.3 Å². The lowest BCUT2D eigenvalue weighted by molar-refractivity contribution is 0.445. The summed E-state index contributed by atoms with van der Waals surface area (Å²) in [6, 6.07) is 0.648. The quantitative estimate of drug-likeness (QED) is 0.852. The van der Waals surface area contributed by atoms with Gasteiger partial charge in [0.1, 0.15) is 0 Å². The molecule has 1 aromatic heterocycles. The second-order valence-corrected chi connectivity index (χ2v) is 4.89. The summed E-state index contributed by atoms with van der Waals surface area (Å²) in [6.07, 6.45) is 3.89. The van der Waals surface area contributed by atoms with E-state index in [9.17, 15) is 0 Å². The third kappa shape index (κ3) is 1.70. The fourth-order valence-corrected chi connectivity index (χ4v) is 2.08. The fraction of sp³-hybridized carbons (Fsp3) is 0.667. The molecular formula is C6H8BrN3S. The molecule has 0 bridgehead atoms. The minimum absolute atomic E-state index is 0.648. The highest BCUT2D eigenvalue weighted by atomic mass is 79.9. The molecule has 0 atom stereocenters. The number of rotatable bonds is 2. The first-order valence-electron chi connectivity index (χ1n) is 3.60. The minimum atomic E-state index is 0.648. The first-order chi connectivity index (χ1) is 5.34. The molecule has 1 fully saturated rings. The van der Waals surface area contributed by atoms with Crippen LogP contribution in [0.5, 0.6) is 0 Å². The highest BCUT2D eigenvalue weighted by Gasteiger charge is 2.18. The average Bonchev–Trinajstić information content (AvgIpc) is 2.27. The van der Waals surface area contributed by atoms with Gasteiger partial charge in [0, 0.05) is 6.04 Å². The first-order valence-corrected chi connectivity index (χ1v) is 5.21. The third-order valence-electron chi connectivity index (χ3n) is 1.83. The molecule has 3 nitrogen and oxygen atoms in total. The molecule has 11 heavy (non-hydrogen) atoms. The summed E-state index contributed by atoms with van der Waals surface area (Å²) in [5, 5.41) is 12.0. The molecule has 1 heterocycles. The number of hydrogen-bond acceptors (Lipinski definition) is 4. The Kier molecular flexibility index (Phi) is 2.09. The van der Waals surface area contributed by atoms with Crippen molar-refractivity contribution in [1.82, 2.24) is 10.2 Å². The second kappa shape index (κ2) is 3.06. The van der Waals surface area contributed by atoms with Crippen molar-refractivity contribution in [3.8, 4) is 0 Å². The number of nitrogens with zero attached hydrogens (tertiary/aromatic N) is 2. The molecule has 60 valence electrons. The summed E-state index contributed by atoms with van der Waals surface area (Å²) < 4.78 is 0.847. The molecule has 1 N–H and O–H groups in total. The van der Waals surface area contributed by atoms with Gasteiger partial charge in [0.2, 0.25) is 5.13 Å². The number of nitrogens with one attached hydrogen (secondary N) is 1. The monoisotopic (exact) mass is 233 g/mol. The van der Waals surface area contributed by atoms with Gasteiger partial charge in [0.15, 0.2) is 3.92 Å². The molecule has 0 aliphatic heterocycles. The van der Waals surface area contributed by atoms with Crippen LogP contribution in [0.4, 0.5) is 5.13 Å². The largest absolute Gasteiger partial charge is 0.357 e. The molecule has 0 amide bonds. The van der Waals surface area contributed by atoms with E-state index in [1.165, 1.54) is 19.3 Å². The number of hydrogen-bond donors (Lipinski definition) is 1. The second-order valence-electron chi connectivity index (χ2n) is 2.63. The van der Waals surface area contributed by atoms with Gasteiger partial charge in [0.05, 0.1) is 0 Å². The molecule has 0 spiro atoms. The molecule has 0 saturated heterocycles. The zero-order chi connectivity index (χ0) is 7.68. The minimum Gasteiger partial charge on any atom is -0.357 e. The molecular weight excluding hydrogens is 226 g/mol. The first kappa shape index (κ1) is 7.49. The van der Waals surface area contributed by atoms with Crippen LogP contribution in [0, 0.1) is 0 Å². The lowest BCUT2D eigenvalue weighted by Crippen LogP contribution is -2.26. The molecule has 5 heteroatoms. The fourth-order valence-electron chi connectivity index (χ4n) is 0.991. The summed E-state index contributed by atoms with van der Waals surface area (Å²) in [5.74, 6) is 0. The van der Waals surface area contributed by atoms with Gasteiger partial charge in [-0.15, -0.1) is 10.2 Å². The van der Waals surface area contributed by atoms with Crippen molar-refractivity contribution in [2.45, 2.75) is 25.3 Å².